The Hall–Kier alpha value is -0.434. The van der Waals surface area contributed by atoms with Crippen LogP contribution in [0.25, 0.3) is 4.65 Å². The minimum absolute atomic E-state index is 0. The van der Waals surface area contributed by atoms with E-state index in [1.54, 1.807) is 24.8 Å². The second kappa shape index (κ2) is 14.7. The van der Waals surface area contributed by atoms with Crippen molar-refractivity contribution in [3.63, 3.8) is 0 Å². The number of aromatic nitrogens is 2. The summed E-state index contributed by atoms with van der Waals surface area (Å²) in [6.45, 7) is 26.2. The fraction of sp³-hybridized carbons (Fsp3) is 0.583. The summed E-state index contributed by atoms with van der Waals surface area (Å²) in [6, 6.07) is 7.69. The molecule has 0 bridgehead atoms. The molecular formula is C24H44DyN5Si2. The molecule has 5 nitrogen and oxygen atoms in total. The number of rotatable bonds is 4. The molecular weight excluding hydrogens is 577 g/mol. The van der Waals surface area contributed by atoms with Gasteiger partial charge < -0.3 is 14.6 Å². The Morgan fingerprint density at radius 1 is 0.688 bits per heavy atom. The standard InChI is InChI=1S/2C9H13N2.C6H18NSi2.Dy/c2*1-9(2,3)11-7-8-5-4-6-10-8;1-8(2,3)7-9(4,5)6;/h2*4-7H,1-3H3;1-6H3;/q3*-1;+3. The molecule has 0 spiro atoms. The summed E-state index contributed by atoms with van der Waals surface area (Å²) in [4.78, 5) is 16.8. The molecule has 8 heteroatoms. The van der Waals surface area contributed by atoms with Crippen LogP contribution in [-0.2, 0) is 0 Å². The molecule has 0 saturated carbocycles. The Kier molecular flexibility index (Phi) is 15.5. The number of aliphatic imine (C=N–C) groups is 2. The molecule has 0 aliphatic heterocycles. The maximum absolute atomic E-state index is 4.82. The first-order valence-electron chi connectivity index (χ1n) is 10.9. The van der Waals surface area contributed by atoms with Crippen molar-refractivity contribution in [1.29, 1.82) is 0 Å². The van der Waals surface area contributed by atoms with Gasteiger partial charge in [0.2, 0.25) is 0 Å². The Balaban J connectivity index is 0. The minimum Gasteiger partial charge on any atom is -0.668 e. The van der Waals surface area contributed by atoms with Gasteiger partial charge in [-0.2, -0.15) is 12.4 Å². The maximum Gasteiger partial charge on any atom is 3.00 e. The average Bonchev–Trinajstić information content (AvgIpc) is 3.21. The first kappa shape index (κ1) is 33.7. The van der Waals surface area contributed by atoms with Gasteiger partial charge in [0.05, 0.1) is 11.1 Å². The molecule has 32 heavy (non-hydrogen) atoms. The van der Waals surface area contributed by atoms with Crippen LogP contribution in [0.2, 0.25) is 39.3 Å². The van der Waals surface area contributed by atoms with E-state index in [1.807, 2.05) is 24.3 Å². The number of hydrogen-bond acceptors (Lipinski definition) is 2. The van der Waals surface area contributed by atoms with Crippen LogP contribution in [0.15, 0.2) is 46.6 Å². The predicted molar refractivity (Wildman–Crippen MR) is 144 cm³/mol. The maximum atomic E-state index is 4.82. The summed E-state index contributed by atoms with van der Waals surface area (Å²) in [5.41, 5.74) is 1.86. The Morgan fingerprint density at radius 3 is 1.16 bits per heavy atom. The number of nitrogens with zero attached hydrogens (tertiary/aromatic N) is 5. The van der Waals surface area contributed by atoms with Crippen molar-refractivity contribution in [2.45, 2.75) is 91.9 Å². The van der Waals surface area contributed by atoms with Crippen LogP contribution in [0.4, 0.5) is 0 Å². The van der Waals surface area contributed by atoms with Crippen LogP contribution in [-0.4, -0.2) is 40.0 Å². The van der Waals surface area contributed by atoms with Crippen molar-refractivity contribution >= 4 is 28.9 Å². The zero-order valence-electron chi connectivity index (χ0n) is 22.2. The van der Waals surface area contributed by atoms with E-state index in [0.29, 0.717) is 0 Å². The molecule has 0 fully saturated rings. The van der Waals surface area contributed by atoms with Gasteiger partial charge in [0.15, 0.2) is 0 Å². The minimum atomic E-state index is -1.11. The largest absolute Gasteiger partial charge is 3.00 e. The van der Waals surface area contributed by atoms with Gasteiger partial charge in [-0.1, -0.05) is 80.0 Å². The molecule has 2 rings (SSSR count). The summed E-state index contributed by atoms with van der Waals surface area (Å²) in [5, 5.41) is 0. The normalized spacial score (nSPS) is 12.6. The first-order chi connectivity index (χ1) is 13.9. The summed E-state index contributed by atoms with van der Waals surface area (Å²) in [7, 11) is -2.21. The molecule has 0 aromatic carbocycles. The molecule has 0 unspecified atom stereocenters. The third kappa shape index (κ3) is 24.2. The van der Waals surface area contributed by atoms with Crippen LogP contribution in [0.3, 0.4) is 0 Å². The smallest absolute Gasteiger partial charge is 0.668 e. The molecule has 0 amide bonds. The quantitative estimate of drug-likeness (QED) is 0.280. The van der Waals surface area contributed by atoms with Gasteiger partial charge in [0.1, 0.15) is 0 Å². The van der Waals surface area contributed by atoms with Gasteiger partial charge in [-0.15, -0.1) is 11.4 Å². The topological polar surface area (TPSA) is 67.0 Å². The molecule has 2 heterocycles. The van der Waals surface area contributed by atoms with Gasteiger partial charge in [-0.3, -0.25) is 9.98 Å². The van der Waals surface area contributed by atoms with Crippen molar-refractivity contribution < 1.29 is 38.2 Å². The molecule has 2 aromatic rings. The van der Waals surface area contributed by atoms with Crippen molar-refractivity contribution in [2.75, 3.05) is 0 Å². The van der Waals surface area contributed by atoms with Gasteiger partial charge >= 0.3 is 38.2 Å². The van der Waals surface area contributed by atoms with E-state index in [0.717, 1.165) is 11.4 Å². The van der Waals surface area contributed by atoms with Crippen LogP contribution >= 0.6 is 0 Å². The fourth-order valence-electron chi connectivity index (χ4n) is 2.31. The molecule has 1 radical (unpaired) electrons. The third-order valence-electron chi connectivity index (χ3n) is 2.99. The van der Waals surface area contributed by atoms with Gasteiger partial charge in [-0.25, -0.2) is 0 Å². The van der Waals surface area contributed by atoms with E-state index < -0.39 is 16.5 Å². The van der Waals surface area contributed by atoms with Crippen LogP contribution in [0, 0.1) is 38.2 Å². The van der Waals surface area contributed by atoms with Crippen molar-refractivity contribution in [3.8, 4) is 0 Å². The monoisotopic (exact) mass is 622 g/mol. The third-order valence-corrected chi connectivity index (χ3v) is 8.36. The second-order valence-corrected chi connectivity index (χ2v) is 21.0. The van der Waals surface area contributed by atoms with E-state index in [9.17, 15) is 0 Å². The van der Waals surface area contributed by atoms with E-state index in [2.05, 4.69) is 101 Å². The Bertz CT molecular complexity index is 689. The summed E-state index contributed by atoms with van der Waals surface area (Å²) in [5.74, 6) is 0. The van der Waals surface area contributed by atoms with E-state index in [4.69, 9.17) is 4.65 Å². The van der Waals surface area contributed by atoms with Gasteiger partial charge in [0, 0.05) is 12.4 Å². The SMILES string of the molecule is CC(C)(C)N=Cc1ccc[n-]1.CC(C)(C)N=Cc1ccc[n-]1.C[Si](C)(C)[N-][Si](C)(C)C.[Dy+3]. The summed E-state index contributed by atoms with van der Waals surface area (Å²) < 4.78 is 4.82. The van der Waals surface area contributed by atoms with Crippen LogP contribution < -0.4 is 9.97 Å². The molecule has 2 aromatic heterocycles. The molecule has 0 N–H and O–H groups in total. The summed E-state index contributed by atoms with van der Waals surface area (Å²) in [6.07, 6.45) is 7.15. The van der Waals surface area contributed by atoms with E-state index >= 15 is 0 Å². The fourth-order valence-corrected chi connectivity index (χ4v) is 10.4. The van der Waals surface area contributed by atoms with Crippen molar-refractivity contribution in [3.05, 3.63) is 52.7 Å². The molecule has 0 aliphatic rings. The average molecular weight is 621 g/mol. The Morgan fingerprint density at radius 2 is 1.00 bits per heavy atom. The Labute approximate surface area is 230 Å². The number of hydrogen-bond donors (Lipinski definition) is 0. The predicted octanol–water partition coefficient (Wildman–Crippen LogP) is 6.75. The van der Waals surface area contributed by atoms with Crippen molar-refractivity contribution in [1.82, 2.24) is 9.97 Å². The summed E-state index contributed by atoms with van der Waals surface area (Å²) >= 11 is 0. The zero-order valence-corrected chi connectivity index (χ0v) is 26.2. The van der Waals surface area contributed by atoms with Crippen LogP contribution in [0.1, 0.15) is 52.9 Å². The molecule has 0 aliphatic carbocycles. The molecule has 183 valence electrons. The van der Waals surface area contributed by atoms with Gasteiger partial charge in [-0.05, 0) is 41.5 Å². The molecule has 0 atom stereocenters. The second-order valence-electron chi connectivity index (χ2n) is 11.4. The zero-order chi connectivity index (χ0) is 24.3. The van der Waals surface area contributed by atoms with Crippen LogP contribution in [0.5, 0.6) is 0 Å². The van der Waals surface area contributed by atoms with Gasteiger partial charge in [0.25, 0.3) is 0 Å². The van der Waals surface area contributed by atoms with E-state index in [-0.39, 0.29) is 49.3 Å². The van der Waals surface area contributed by atoms with E-state index in [1.165, 1.54) is 0 Å². The van der Waals surface area contributed by atoms with Crippen molar-refractivity contribution in [2.24, 2.45) is 9.98 Å². The first-order valence-corrected chi connectivity index (χ1v) is 17.8. The molecule has 0 saturated heterocycles.